The van der Waals surface area contributed by atoms with Gasteiger partial charge in [0.05, 0.1) is 17.0 Å². The summed E-state index contributed by atoms with van der Waals surface area (Å²) >= 11 is 5.98. The lowest BCUT2D eigenvalue weighted by Gasteiger charge is -2.09. The van der Waals surface area contributed by atoms with E-state index in [9.17, 15) is 9.59 Å². The van der Waals surface area contributed by atoms with Crippen LogP contribution in [0.2, 0.25) is 5.02 Å². The molecule has 0 saturated carbocycles. The van der Waals surface area contributed by atoms with Crippen molar-refractivity contribution in [1.82, 2.24) is 5.32 Å². The summed E-state index contributed by atoms with van der Waals surface area (Å²) in [5.74, 6) is 0.325. The van der Waals surface area contributed by atoms with E-state index < -0.39 is 5.97 Å². The van der Waals surface area contributed by atoms with Crippen LogP contribution in [0.3, 0.4) is 0 Å². The number of carbonyl (C=O) groups excluding carboxylic acids is 2. The van der Waals surface area contributed by atoms with Crippen LogP contribution in [0.25, 0.3) is 0 Å². The second-order valence-corrected chi connectivity index (χ2v) is 6.61. The Morgan fingerprint density at radius 1 is 0.828 bits per heavy atom. The number of ether oxygens (including phenoxy) is 2. The predicted molar refractivity (Wildman–Crippen MR) is 111 cm³/mol. The Balaban J connectivity index is 1.41. The summed E-state index contributed by atoms with van der Waals surface area (Å²) in [6.07, 6.45) is 0.0441. The fraction of sp³-hybridized carbons (Fsp3) is 0.130. The lowest BCUT2D eigenvalue weighted by Crippen LogP contribution is -2.27. The SMILES string of the molecule is O=C(CCNC(=O)c1ccccc1Cl)Oc1ccc(OCc2ccccc2)cc1. The number of nitrogens with one attached hydrogen (secondary N) is 1. The zero-order valence-electron chi connectivity index (χ0n) is 15.6. The highest BCUT2D eigenvalue weighted by Gasteiger charge is 2.11. The monoisotopic (exact) mass is 409 g/mol. The van der Waals surface area contributed by atoms with Gasteiger partial charge in [-0.25, -0.2) is 0 Å². The number of carbonyl (C=O) groups is 2. The highest BCUT2D eigenvalue weighted by Crippen LogP contribution is 2.19. The van der Waals surface area contributed by atoms with Crippen LogP contribution >= 0.6 is 11.6 Å². The van der Waals surface area contributed by atoms with Gasteiger partial charge in [-0.05, 0) is 42.0 Å². The van der Waals surface area contributed by atoms with Crippen molar-refractivity contribution in [3.8, 4) is 11.5 Å². The van der Waals surface area contributed by atoms with Gasteiger partial charge in [-0.2, -0.15) is 0 Å². The van der Waals surface area contributed by atoms with Crippen molar-refractivity contribution >= 4 is 23.5 Å². The van der Waals surface area contributed by atoms with Gasteiger partial charge < -0.3 is 14.8 Å². The standard InChI is InChI=1S/C23H20ClNO4/c24-21-9-5-4-8-20(21)23(27)25-15-14-22(26)29-19-12-10-18(11-13-19)28-16-17-6-2-1-3-7-17/h1-13H,14-16H2,(H,25,27). The first-order valence-corrected chi connectivity index (χ1v) is 9.50. The Kier molecular flexibility index (Phi) is 7.25. The molecule has 0 heterocycles. The Bertz CT molecular complexity index is 958. The van der Waals surface area contributed by atoms with Crippen molar-refractivity contribution in [2.75, 3.05) is 6.54 Å². The number of esters is 1. The predicted octanol–water partition coefficient (Wildman–Crippen LogP) is 4.64. The maximum absolute atomic E-state index is 12.0. The molecule has 0 unspecified atom stereocenters. The van der Waals surface area contributed by atoms with Gasteiger partial charge >= 0.3 is 5.97 Å². The molecule has 0 fully saturated rings. The van der Waals surface area contributed by atoms with Crippen molar-refractivity contribution in [2.45, 2.75) is 13.0 Å². The molecule has 3 rings (SSSR count). The van der Waals surface area contributed by atoms with Crippen LogP contribution in [0.15, 0.2) is 78.9 Å². The minimum atomic E-state index is -0.442. The molecule has 148 valence electrons. The molecule has 0 aromatic heterocycles. The molecule has 0 bridgehead atoms. The third-order valence-electron chi connectivity index (χ3n) is 4.04. The number of amides is 1. The van der Waals surface area contributed by atoms with E-state index in [4.69, 9.17) is 21.1 Å². The van der Waals surface area contributed by atoms with E-state index >= 15 is 0 Å². The third-order valence-corrected chi connectivity index (χ3v) is 4.37. The topological polar surface area (TPSA) is 64.6 Å². The lowest BCUT2D eigenvalue weighted by molar-refractivity contribution is -0.134. The molecule has 0 aliphatic rings. The number of rotatable bonds is 8. The summed E-state index contributed by atoms with van der Waals surface area (Å²) in [4.78, 5) is 24.0. The average molecular weight is 410 g/mol. The molecule has 0 atom stereocenters. The van der Waals surface area contributed by atoms with Gasteiger partial charge in [-0.1, -0.05) is 54.1 Å². The maximum atomic E-state index is 12.0. The molecule has 0 saturated heterocycles. The molecule has 0 spiro atoms. The van der Waals surface area contributed by atoms with E-state index in [1.807, 2.05) is 30.3 Å². The van der Waals surface area contributed by atoms with Crippen molar-refractivity contribution < 1.29 is 19.1 Å². The highest BCUT2D eigenvalue weighted by molar-refractivity contribution is 6.33. The highest BCUT2D eigenvalue weighted by atomic mass is 35.5. The molecule has 1 N–H and O–H groups in total. The van der Waals surface area contributed by atoms with Crippen LogP contribution < -0.4 is 14.8 Å². The molecule has 3 aromatic rings. The summed E-state index contributed by atoms with van der Waals surface area (Å²) in [7, 11) is 0. The average Bonchev–Trinajstić information content (AvgIpc) is 2.74. The summed E-state index contributed by atoms with van der Waals surface area (Å²) < 4.78 is 11.0. The Morgan fingerprint density at radius 2 is 1.48 bits per heavy atom. The van der Waals surface area contributed by atoms with Crippen molar-refractivity contribution in [3.05, 3.63) is 95.0 Å². The van der Waals surface area contributed by atoms with Crippen molar-refractivity contribution in [1.29, 1.82) is 0 Å². The maximum Gasteiger partial charge on any atom is 0.312 e. The Morgan fingerprint density at radius 3 is 2.21 bits per heavy atom. The first-order valence-electron chi connectivity index (χ1n) is 9.12. The van der Waals surface area contributed by atoms with Crippen molar-refractivity contribution in [3.63, 3.8) is 0 Å². The fourth-order valence-corrected chi connectivity index (χ4v) is 2.77. The summed E-state index contributed by atoms with van der Waals surface area (Å²) in [6, 6.07) is 23.4. The van der Waals surface area contributed by atoms with Crippen molar-refractivity contribution in [2.24, 2.45) is 0 Å². The quantitative estimate of drug-likeness (QED) is 0.434. The van der Waals surface area contributed by atoms with E-state index in [1.165, 1.54) is 0 Å². The molecule has 29 heavy (non-hydrogen) atoms. The number of halogens is 1. The van der Waals surface area contributed by atoms with Crippen LogP contribution in [-0.4, -0.2) is 18.4 Å². The van der Waals surface area contributed by atoms with Gasteiger partial charge in [0.2, 0.25) is 0 Å². The van der Waals surface area contributed by atoms with E-state index in [2.05, 4.69) is 5.32 Å². The molecular weight excluding hydrogens is 390 g/mol. The van der Waals surface area contributed by atoms with E-state index in [-0.39, 0.29) is 18.9 Å². The minimum absolute atomic E-state index is 0.0441. The van der Waals surface area contributed by atoms with Crippen LogP contribution in [0.1, 0.15) is 22.3 Å². The van der Waals surface area contributed by atoms with Crippen LogP contribution in [0, 0.1) is 0 Å². The van der Waals surface area contributed by atoms with E-state index in [0.29, 0.717) is 28.7 Å². The Labute approximate surface area is 174 Å². The van der Waals surface area contributed by atoms with Gasteiger partial charge in [0.1, 0.15) is 18.1 Å². The smallest absolute Gasteiger partial charge is 0.312 e. The first-order chi connectivity index (χ1) is 14.1. The molecule has 0 aliphatic heterocycles. The molecule has 0 aliphatic carbocycles. The van der Waals surface area contributed by atoms with Gasteiger partial charge in [-0.15, -0.1) is 0 Å². The second kappa shape index (κ2) is 10.3. The molecule has 0 radical (unpaired) electrons. The summed E-state index contributed by atoms with van der Waals surface area (Å²) in [6.45, 7) is 0.617. The summed E-state index contributed by atoms with van der Waals surface area (Å²) in [5, 5.41) is 3.02. The van der Waals surface area contributed by atoms with Gasteiger partial charge in [0.25, 0.3) is 5.91 Å². The van der Waals surface area contributed by atoms with Gasteiger partial charge in [-0.3, -0.25) is 9.59 Å². The molecule has 1 amide bonds. The van der Waals surface area contributed by atoms with E-state index in [0.717, 1.165) is 5.56 Å². The van der Waals surface area contributed by atoms with Crippen LogP contribution in [0.4, 0.5) is 0 Å². The molecule has 5 nitrogen and oxygen atoms in total. The third kappa shape index (κ3) is 6.36. The van der Waals surface area contributed by atoms with E-state index in [1.54, 1.807) is 48.5 Å². The first kappa shape index (κ1) is 20.4. The zero-order chi connectivity index (χ0) is 20.5. The van der Waals surface area contributed by atoms with Crippen LogP contribution in [0.5, 0.6) is 11.5 Å². The minimum Gasteiger partial charge on any atom is -0.489 e. The largest absolute Gasteiger partial charge is 0.489 e. The Hall–Kier alpha value is -3.31. The number of benzene rings is 3. The van der Waals surface area contributed by atoms with Crippen LogP contribution in [-0.2, 0) is 11.4 Å². The zero-order valence-corrected chi connectivity index (χ0v) is 16.4. The lowest BCUT2D eigenvalue weighted by atomic mass is 10.2. The number of hydrogen-bond donors (Lipinski definition) is 1. The van der Waals surface area contributed by atoms with Gasteiger partial charge in [0, 0.05) is 6.54 Å². The molecule has 6 heteroatoms. The van der Waals surface area contributed by atoms with Gasteiger partial charge in [0.15, 0.2) is 0 Å². The normalized spacial score (nSPS) is 10.2. The molecule has 3 aromatic carbocycles. The second-order valence-electron chi connectivity index (χ2n) is 6.21. The fourth-order valence-electron chi connectivity index (χ4n) is 2.55. The number of hydrogen-bond acceptors (Lipinski definition) is 4. The molecular formula is C23H20ClNO4. The summed E-state index contributed by atoms with van der Waals surface area (Å²) in [5.41, 5.74) is 1.44.